The number of thioether (sulfide) groups is 1. The summed E-state index contributed by atoms with van der Waals surface area (Å²) in [6.45, 7) is 0.916. The average molecular weight is 372 g/mol. The molecule has 1 aliphatic rings. The molecule has 4 nitrogen and oxygen atoms in total. The lowest BCUT2D eigenvalue weighted by atomic mass is 9.90. The maximum atomic E-state index is 13.7. The van der Waals surface area contributed by atoms with E-state index < -0.39 is 5.82 Å². The van der Waals surface area contributed by atoms with Crippen molar-refractivity contribution in [2.24, 2.45) is 5.92 Å². The van der Waals surface area contributed by atoms with Crippen LogP contribution in [0.4, 0.5) is 14.9 Å². The summed E-state index contributed by atoms with van der Waals surface area (Å²) in [6, 6.07) is 13.2. The molecule has 0 aliphatic carbocycles. The van der Waals surface area contributed by atoms with Crippen molar-refractivity contribution in [3.8, 4) is 0 Å². The number of amides is 2. The fraction of sp³-hybridized carbons (Fsp3) is 0.300. The molecule has 0 radical (unpaired) electrons. The number of Topliss-reactive ketones (excluding diaryl/α,β-unsaturated/α-hetero) is 1. The number of para-hydroxylation sites is 1. The number of hydrogen-bond donors (Lipinski definition) is 1. The number of hydrogen-bond acceptors (Lipinski definition) is 3. The van der Waals surface area contributed by atoms with Crippen LogP contribution in [-0.4, -0.2) is 36.1 Å². The number of rotatable bonds is 4. The number of piperidine rings is 1. The Bertz CT molecular complexity index is 795. The molecule has 0 aromatic heterocycles. The minimum absolute atomic E-state index is 0.0565. The van der Waals surface area contributed by atoms with E-state index in [0.29, 0.717) is 18.7 Å². The van der Waals surface area contributed by atoms with Gasteiger partial charge in [-0.3, -0.25) is 4.79 Å². The van der Waals surface area contributed by atoms with Crippen LogP contribution in [0.1, 0.15) is 23.2 Å². The summed E-state index contributed by atoms with van der Waals surface area (Å²) in [4.78, 5) is 27.9. The van der Waals surface area contributed by atoms with Crippen LogP contribution in [0.15, 0.2) is 53.4 Å². The molecule has 2 aromatic rings. The molecule has 1 aliphatic heterocycles. The molecule has 1 atom stereocenters. The largest absolute Gasteiger partial charge is 0.324 e. The Kier molecular flexibility index (Phi) is 5.93. The quantitative estimate of drug-likeness (QED) is 0.626. The molecule has 2 aromatic carbocycles. The molecule has 26 heavy (non-hydrogen) atoms. The van der Waals surface area contributed by atoms with Crippen molar-refractivity contribution in [3.63, 3.8) is 0 Å². The number of urea groups is 1. The highest BCUT2D eigenvalue weighted by Crippen LogP contribution is 2.23. The fourth-order valence-corrected chi connectivity index (χ4v) is 3.53. The zero-order chi connectivity index (χ0) is 18.5. The van der Waals surface area contributed by atoms with E-state index >= 15 is 0 Å². The van der Waals surface area contributed by atoms with Crippen molar-refractivity contribution in [2.45, 2.75) is 17.7 Å². The van der Waals surface area contributed by atoms with Crippen molar-refractivity contribution >= 4 is 29.3 Å². The van der Waals surface area contributed by atoms with Crippen LogP contribution in [0.25, 0.3) is 0 Å². The van der Waals surface area contributed by atoms with E-state index in [2.05, 4.69) is 5.32 Å². The van der Waals surface area contributed by atoms with Gasteiger partial charge in [0.1, 0.15) is 5.82 Å². The van der Waals surface area contributed by atoms with Crippen molar-refractivity contribution < 1.29 is 14.0 Å². The molecule has 1 heterocycles. The van der Waals surface area contributed by atoms with E-state index in [1.54, 1.807) is 28.8 Å². The topological polar surface area (TPSA) is 49.4 Å². The highest BCUT2D eigenvalue weighted by atomic mass is 32.2. The van der Waals surface area contributed by atoms with Gasteiger partial charge in [0.25, 0.3) is 0 Å². The number of nitrogens with one attached hydrogen (secondary N) is 1. The van der Waals surface area contributed by atoms with Gasteiger partial charge in [0.15, 0.2) is 5.78 Å². The second kappa shape index (κ2) is 8.36. The van der Waals surface area contributed by atoms with Gasteiger partial charge in [-0.25, -0.2) is 9.18 Å². The van der Waals surface area contributed by atoms with Gasteiger partial charge in [-0.15, -0.1) is 11.8 Å². The highest BCUT2D eigenvalue weighted by molar-refractivity contribution is 7.98. The Labute approximate surface area is 156 Å². The van der Waals surface area contributed by atoms with E-state index in [9.17, 15) is 14.0 Å². The number of nitrogens with zero attached hydrogens (tertiary/aromatic N) is 1. The van der Waals surface area contributed by atoms with E-state index in [-0.39, 0.29) is 23.4 Å². The molecule has 1 unspecified atom stereocenters. The molecule has 0 bridgehead atoms. The molecule has 1 N–H and O–H groups in total. The maximum absolute atomic E-state index is 13.7. The Morgan fingerprint density at radius 3 is 2.58 bits per heavy atom. The molecule has 3 rings (SSSR count). The van der Waals surface area contributed by atoms with Crippen molar-refractivity contribution in [2.75, 3.05) is 24.7 Å². The number of ketones is 1. The number of anilines is 1. The lowest BCUT2D eigenvalue weighted by Gasteiger charge is -2.32. The van der Waals surface area contributed by atoms with Gasteiger partial charge in [0.2, 0.25) is 0 Å². The Hall–Kier alpha value is -2.34. The average Bonchev–Trinajstić information content (AvgIpc) is 2.69. The van der Waals surface area contributed by atoms with Crippen LogP contribution in [0, 0.1) is 11.7 Å². The molecule has 136 valence electrons. The summed E-state index contributed by atoms with van der Waals surface area (Å²) in [5.74, 6) is -0.643. The first-order chi connectivity index (χ1) is 12.6. The lowest BCUT2D eigenvalue weighted by Crippen LogP contribution is -2.44. The lowest BCUT2D eigenvalue weighted by molar-refractivity contribution is 0.0851. The minimum Gasteiger partial charge on any atom is -0.324 e. The molecule has 2 amide bonds. The van der Waals surface area contributed by atoms with Crippen LogP contribution < -0.4 is 5.32 Å². The number of carbonyl (C=O) groups excluding carboxylic acids is 2. The Morgan fingerprint density at radius 1 is 1.15 bits per heavy atom. The smallest absolute Gasteiger partial charge is 0.321 e. The summed E-state index contributed by atoms with van der Waals surface area (Å²) in [7, 11) is 0. The van der Waals surface area contributed by atoms with Crippen molar-refractivity contribution in [3.05, 3.63) is 59.9 Å². The Morgan fingerprint density at radius 2 is 1.88 bits per heavy atom. The minimum atomic E-state index is -0.473. The van der Waals surface area contributed by atoms with Gasteiger partial charge in [0.05, 0.1) is 5.69 Å². The predicted molar refractivity (Wildman–Crippen MR) is 102 cm³/mol. The molecular formula is C20H21FN2O2S. The van der Waals surface area contributed by atoms with Gasteiger partial charge in [0, 0.05) is 29.5 Å². The first-order valence-electron chi connectivity index (χ1n) is 8.57. The van der Waals surface area contributed by atoms with Crippen molar-refractivity contribution in [1.82, 2.24) is 4.90 Å². The monoisotopic (exact) mass is 372 g/mol. The SMILES string of the molecule is CSc1ccc(C(=O)C2CCCN(C(=O)Nc3ccccc3F)C2)cc1. The van der Waals surface area contributed by atoms with Crippen LogP contribution in [0.3, 0.4) is 0 Å². The van der Waals surface area contributed by atoms with Gasteiger partial charge >= 0.3 is 6.03 Å². The standard InChI is InChI=1S/C20H21FN2O2S/c1-26-16-10-8-14(9-11-16)19(24)15-5-4-12-23(13-15)20(25)22-18-7-3-2-6-17(18)21/h2-3,6-11,15H,4-5,12-13H2,1H3,(H,22,25). The van der Waals surface area contributed by atoms with E-state index in [1.165, 1.54) is 12.1 Å². The van der Waals surface area contributed by atoms with Crippen LogP contribution in [0.5, 0.6) is 0 Å². The third-order valence-corrected chi connectivity index (χ3v) is 5.31. The molecule has 0 spiro atoms. The summed E-state index contributed by atoms with van der Waals surface area (Å²) in [5, 5.41) is 2.59. The molecular weight excluding hydrogens is 351 g/mol. The number of carbonyl (C=O) groups is 2. The van der Waals surface area contributed by atoms with Gasteiger partial charge in [-0.1, -0.05) is 24.3 Å². The normalized spacial score (nSPS) is 17.0. The zero-order valence-electron chi connectivity index (χ0n) is 14.6. The summed E-state index contributed by atoms with van der Waals surface area (Å²) < 4.78 is 13.7. The maximum Gasteiger partial charge on any atom is 0.321 e. The van der Waals surface area contributed by atoms with E-state index in [0.717, 1.165) is 17.7 Å². The van der Waals surface area contributed by atoms with Crippen LogP contribution >= 0.6 is 11.8 Å². The first kappa shape index (κ1) is 18.5. The van der Waals surface area contributed by atoms with Crippen molar-refractivity contribution in [1.29, 1.82) is 0 Å². The molecule has 6 heteroatoms. The molecule has 1 saturated heterocycles. The highest BCUT2D eigenvalue weighted by Gasteiger charge is 2.29. The third-order valence-electron chi connectivity index (χ3n) is 4.57. The summed E-state index contributed by atoms with van der Waals surface area (Å²) in [6.07, 6.45) is 3.50. The second-order valence-corrected chi connectivity index (χ2v) is 7.17. The zero-order valence-corrected chi connectivity index (χ0v) is 15.4. The first-order valence-corrected chi connectivity index (χ1v) is 9.79. The number of benzene rings is 2. The van der Waals surface area contributed by atoms with Gasteiger partial charge < -0.3 is 10.2 Å². The number of likely N-dealkylation sites (tertiary alicyclic amines) is 1. The van der Waals surface area contributed by atoms with Gasteiger partial charge in [-0.05, 0) is 43.4 Å². The van der Waals surface area contributed by atoms with E-state index in [1.807, 2.05) is 30.5 Å². The van der Waals surface area contributed by atoms with Gasteiger partial charge in [-0.2, -0.15) is 0 Å². The summed E-state index contributed by atoms with van der Waals surface area (Å²) >= 11 is 1.63. The predicted octanol–water partition coefficient (Wildman–Crippen LogP) is 4.67. The fourth-order valence-electron chi connectivity index (χ4n) is 3.12. The Balaban J connectivity index is 1.65. The second-order valence-electron chi connectivity index (χ2n) is 6.29. The molecule has 1 fully saturated rings. The third kappa shape index (κ3) is 4.25. The van der Waals surface area contributed by atoms with E-state index in [4.69, 9.17) is 0 Å². The molecule has 0 saturated carbocycles. The van der Waals surface area contributed by atoms with Crippen LogP contribution in [0.2, 0.25) is 0 Å². The van der Waals surface area contributed by atoms with Crippen LogP contribution in [-0.2, 0) is 0 Å². The summed E-state index contributed by atoms with van der Waals surface area (Å²) in [5.41, 5.74) is 0.822. The number of halogens is 1.